The van der Waals surface area contributed by atoms with Crippen molar-refractivity contribution >= 4 is 17.6 Å². The molecule has 0 heterocycles. The van der Waals surface area contributed by atoms with E-state index in [1.165, 1.54) is 5.56 Å². The van der Waals surface area contributed by atoms with Crippen molar-refractivity contribution in [2.75, 3.05) is 18.5 Å². The summed E-state index contributed by atoms with van der Waals surface area (Å²) < 4.78 is 11.7. The van der Waals surface area contributed by atoms with Gasteiger partial charge in [-0.1, -0.05) is 19.1 Å². The van der Waals surface area contributed by atoms with Crippen molar-refractivity contribution in [3.8, 4) is 11.5 Å². The Labute approximate surface area is 183 Å². The summed E-state index contributed by atoms with van der Waals surface area (Å²) in [6.45, 7) is 4.95. The summed E-state index contributed by atoms with van der Waals surface area (Å²) in [4.78, 5) is 22.9. The quantitative estimate of drug-likeness (QED) is 0.490. The molecule has 166 valence electrons. The molecule has 1 atom stereocenters. The van der Waals surface area contributed by atoms with Crippen molar-refractivity contribution < 1.29 is 24.2 Å². The lowest BCUT2D eigenvalue weighted by Crippen LogP contribution is -2.13. The van der Waals surface area contributed by atoms with Gasteiger partial charge in [0.1, 0.15) is 11.5 Å². The van der Waals surface area contributed by atoms with Gasteiger partial charge in [0.15, 0.2) is 0 Å². The molecule has 2 aromatic carbocycles. The van der Waals surface area contributed by atoms with Crippen molar-refractivity contribution in [1.29, 1.82) is 0 Å². The number of amides is 1. The summed E-state index contributed by atoms with van der Waals surface area (Å²) >= 11 is 0. The fraction of sp³-hybridized carbons (Fsp3) is 0.440. The standard InChI is InChI=1S/C25H31NO5/c1-3-5-24(27)26-22-14-17(2)6-11-23(22)31-13-4-12-30-20-9-10-21-18(15-20)7-8-19(21)16-25(28)29/h6,9-11,14-15,19H,3-5,7-8,12-13,16H2,1-2H3,(H,26,27)(H,28,29)/t19-/m0/s1. The largest absolute Gasteiger partial charge is 0.493 e. The second-order valence-corrected chi connectivity index (χ2v) is 8.04. The molecule has 0 bridgehead atoms. The molecule has 6 heteroatoms. The van der Waals surface area contributed by atoms with Crippen molar-refractivity contribution in [3.63, 3.8) is 0 Å². The van der Waals surface area contributed by atoms with Crippen LogP contribution in [-0.2, 0) is 16.0 Å². The monoisotopic (exact) mass is 425 g/mol. The Balaban J connectivity index is 1.47. The number of aliphatic carboxylic acids is 1. The number of anilines is 1. The van der Waals surface area contributed by atoms with Crippen LogP contribution in [0, 0.1) is 6.92 Å². The molecule has 0 unspecified atom stereocenters. The van der Waals surface area contributed by atoms with E-state index in [1.54, 1.807) is 0 Å². The summed E-state index contributed by atoms with van der Waals surface area (Å²) in [6, 6.07) is 11.7. The number of fused-ring (bicyclic) bond motifs is 1. The molecular formula is C25H31NO5. The Bertz CT molecular complexity index is 924. The minimum Gasteiger partial charge on any atom is -0.493 e. The molecule has 31 heavy (non-hydrogen) atoms. The number of aryl methyl sites for hydroxylation is 2. The summed E-state index contributed by atoms with van der Waals surface area (Å²) in [7, 11) is 0. The van der Waals surface area contributed by atoms with Crippen LogP contribution in [0.1, 0.15) is 61.6 Å². The summed E-state index contributed by atoms with van der Waals surface area (Å²) in [6.07, 6.45) is 3.95. The second kappa shape index (κ2) is 10.8. The van der Waals surface area contributed by atoms with Gasteiger partial charge in [0.25, 0.3) is 0 Å². The minimum atomic E-state index is -0.750. The minimum absolute atomic E-state index is 0.0107. The molecule has 0 saturated carbocycles. The maximum atomic E-state index is 11.9. The number of rotatable bonds is 11. The molecule has 2 N–H and O–H groups in total. The van der Waals surface area contributed by atoms with E-state index in [0.29, 0.717) is 37.5 Å². The molecule has 3 rings (SSSR count). The second-order valence-electron chi connectivity index (χ2n) is 8.04. The highest BCUT2D eigenvalue weighted by molar-refractivity contribution is 5.92. The normalized spacial score (nSPS) is 14.7. The zero-order chi connectivity index (χ0) is 22.2. The third-order valence-corrected chi connectivity index (χ3v) is 5.44. The molecule has 6 nitrogen and oxygen atoms in total. The van der Waals surface area contributed by atoms with Gasteiger partial charge in [-0.3, -0.25) is 9.59 Å². The van der Waals surface area contributed by atoms with Gasteiger partial charge in [-0.15, -0.1) is 0 Å². The van der Waals surface area contributed by atoms with Gasteiger partial charge in [0.05, 0.1) is 25.3 Å². The van der Waals surface area contributed by atoms with Crippen LogP contribution in [0.5, 0.6) is 11.5 Å². The molecule has 0 fully saturated rings. The molecule has 0 aliphatic heterocycles. The van der Waals surface area contributed by atoms with E-state index in [4.69, 9.17) is 14.6 Å². The summed E-state index contributed by atoms with van der Waals surface area (Å²) in [5.41, 5.74) is 4.08. The number of carboxylic acids is 1. The number of benzene rings is 2. The first-order chi connectivity index (χ1) is 15.0. The highest BCUT2D eigenvalue weighted by Gasteiger charge is 2.24. The highest BCUT2D eigenvalue weighted by atomic mass is 16.5. The van der Waals surface area contributed by atoms with Crippen LogP contribution in [0.4, 0.5) is 5.69 Å². The topological polar surface area (TPSA) is 84.9 Å². The number of carbonyl (C=O) groups is 2. The van der Waals surface area contributed by atoms with Gasteiger partial charge in [0.2, 0.25) is 5.91 Å². The lowest BCUT2D eigenvalue weighted by Gasteiger charge is -2.14. The third kappa shape index (κ3) is 6.48. The zero-order valence-corrected chi connectivity index (χ0v) is 18.3. The lowest BCUT2D eigenvalue weighted by atomic mass is 9.98. The van der Waals surface area contributed by atoms with Gasteiger partial charge in [-0.05, 0) is 73.1 Å². The Morgan fingerprint density at radius 2 is 1.94 bits per heavy atom. The van der Waals surface area contributed by atoms with E-state index in [9.17, 15) is 9.59 Å². The molecule has 1 aliphatic rings. The van der Waals surface area contributed by atoms with E-state index in [1.807, 2.05) is 50.2 Å². The summed E-state index contributed by atoms with van der Waals surface area (Å²) in [5.74, 6) is 0.814. The van der Waals surface area contributed by atoms with E-state index in [2.05, 4.69) is 5.32 Å². The van der Waals surface area contributed by atoms with Crippen molar-refractivity contribution in [2.45, 2.75) is 58.3 Å². The van der Waals surface area contributed by atoms with Gasteiger partial charge in [-0.25, -0.2) is 0 Å². The Hall–Kier alpha value is -3.02. The first-order valence-electron chi connectivity index (χ1n) is 11.0. The van der Waals surface area contributed by atoms with E-state index in [0.717, 1.165) is 36.1 Å². The van der Waals surface area contributed by atoms with Crippen molar-refractivity contribution in [2.24, 2.45) is 0 Å². The number of ether oxygens (including phenoxy) is 2. The molecule has 0 aromatic heterocycles. The fourth-order valence-electron chi connectivity index (χ4n) is 3.93. The van der Waals surface area contributed by atoms with E-state index in [-0.39, 0.29) is 18.2 Å². The van der Waals surface area contributed by atoms with Crippen LogP contribution in [0.25, 0.3) is 0 Å². The van der Waals surface area contributed by atoms with Crippen LogP contribution in [0.3, 0.4) is 0 Å². The Morgan fingerprint density at radius 3 is 2.71 bits per heavy atom. The molecule has 0 saturated heterocycles. The number of carboxylic acid groups (broad SMARTS) is 1. The third-order valence-electron chi connectivity index (χ3n) is 5.44. The zero-order valence-electron chi connectivity index (χ0n) is 18.3. The lowest BCUT2D eigenvalue weighted by molar-refractivity contribution is -0.137. The van der Waals surface area contributed by atoms with Gasteiger partial charge >= 0.3 is 5.97 Å². The highest BCUT2D eigenvalue weighted by Crippen LogP contribution is 2.37. The first-order valence-corrected chi connectivity index (χ1v) is 11.0. The molecule has 1 amide bonds. The number of hydrogen-bond acceptors (Lipinski definition) is 4. The summed E-state index contributed by atoms with van der Waals surface area (Å²) in [5, 5.41) is 12.0. The smallest absolute Gasteiger partial charge is 0.303 e. The number of hydrogen-bond donors (Lipinski definition) is 2. The molecule has 0 spiro atoms. The number of carbonyl (C=O) groups excluding carboxylic acids is 1. The van der Waals surface area contributed by atoms with E-state index >= 15 is 0 Å². The van der Waals surface area contributed by atoms with Crippen molar-refractivity contribution in [3.05, 3.63) is 53.1 Å². The molecular weight excluding hydrogens is 394 g/mol. The number of nitrogens with one attached hydrogen (secondary N) is 1. The SMILES string of the molecule is CCCC(=O)Nc1cc(C)ccc1OCCCOc1ccc2c(c1)CC[C@H]2CC(=O)O. The average molecular weight is 426 g/mol. The van der Waals surface area contributed by atoms with Crippen LogP contribution >= 0.6 is 0 Å². The maximum Gasteiger partial charge on any atom is 0.303 e. The fourth-order valence-corrected chi connectivity index (χ4v) is 3.93. The molecule has 1 aliphatic carbocycles. The van der Waals surface area contributed by atoms with Crippen LogP contribution in [-0.4, -0.2) is 30.2 Å². The Kier molecular flexibility index (Phi) is 7.93. The van der Waals surface area contributed by atoms with Gasteiger partial charge < -0.3 is 19.9 Å². The Morgan fingerprint density at radius 1 is 1.13 bits per heavy atom. The predicted molar refractivity (Wildman–Crippen MR) is 120 cm³/mol. The van der Waals surface area contributed by atoms with Crippen LogP contribution in [0.2, 0.25) is 0 Å². The van der Waals surface area contributed by atoms with Crippen molar-refractivity contribution in [1.82, 2.24) is 0 Å². The van der Waals surface area contributed by atoms with E-state index < -0.39 is 5.97 Å². The van der Waals surface area contributed by atoms with Crippen LogP contribution in [0.15, 0.2) is 36.4 Å². The first kappa shape index (κ1) is 22.7. The van der Waals surface area contributed by atoms with Crippen LogP contribution < -0.4 is 14.8 Å². The van der Waals surface area contributed by atoms with Gasteiger partial charge in [0, 0.05) is 12.8 Å². The average Bonchev–Trinajstić information content (AvgIpc) is 3.11. The maximum absolute atomic E-state index is 11.9. The van der Waals surface area contributed by atoms with Gasteiger partial charge in [-0.2, -0.15) is 0 Å². The predicted octanol–water partition coefficient (Wildman–Crippen LogP) is 5.09. The molecule has 0 radical (unpaired) electrons. The molecule has 2 aromatic rings.